The molecule has 158 valence electrons. The summed E-state index contributed by atoms with van der Waals surface area (Å²) in [5.74, 6) is 0.0247. The zero-order valence-electron chi connectivity index (χ0n) is 16.2. The number of halogens is 2. The monoisotopic (exact) mass is 439 g/mol. The van der Waals surface area contributed by atoms with Crippen molar-refractivity contribution in [1.82, 2.24) is 20.3 Å². The van der Waals surface area contributed by atoms with E-state index in [4.69, 9.17) is 5.21 Å². The second kappa shape index (κ2) is 12.4. The predicted octanol–water partition coefficient (Wildman–Crippen LogP) is 3.22. The van der Waals surface area contributed by atoms with Gasteiger partial charge < -0.3 is 5.32 Å². The normalized spacial score (nSPS) is 14.7. The third-order valence-corrected chi connectivity index (χ3v) is 4.71. The molecular weight excluding hydrogens is 413 g/mol. The molecule has 0 aliphatic carbocycles. The fourth-order valence-corrected chi connectivity index (χ4v) is 3.17. The molecule has 0 atom stereocenters. The fraction of sp³-hybridized carbons (Fsp3) is 0.350. The summed E-state index contributed by atoms with van der Waals surface area (Å²) in [6.45, 7) is 4.95. The van der Waals surface area contributed by atoms with Gasteiger partial charge in [0.05, 0.1) is 5.69 Å². The first kappa shape index (κ1) is 24.8. The number of hydrogen-bond acceptors (Lipinski definition) is 6. The third-order valence-electron chi connectivity index (χ3n) is 4.71. The molecule has 29 heavy (non-hydrogen) atoms. The summed E-state index contributed by atoms with van der Waals surface area (Å²) in [6.07, 6.45) is 6.59. The first-order chi connectivity index (χ1) is 13.1. The van der Waals surface area contributed by atoms with Gasteiger partial charge in [-0.1, -0.05) is 30.3 Å². The van der Waals surface area contributed by atoms with E-state index in [9.17, 15) is 4.79 Å². The van der Waals surface area contributed by atoms with Gasteiger partial charge in [0.1, 0.15) is 0 Å². The van der Waals surface area contributed by atoms with Gasteiger partial charge in [-0.25, -0.2) is 15.4 Å². The lowest BCUT2D eigenvalue weighted by molar-refractivity contribution is -0.124. The van der Waals surface area contributed by atoms with E-state index in [0.29, 0.717) is 12.0 Å². The number of amides is 1. The Bertz CT molecular complexity index is 797. The molecule has 1 aromatic carbocycles. The predicted molar refractivity (Wildman–Crippen MR) is 119 cm³/mol. The van der Waals surface area contributed by atoms with Crippen LogP contribution in [0.25, 0.3) is 6.08 Å². The number of nitrogens with one attached hydrogen (secondary N) is 2. The Morgan fingerprint density at radius 3 is 2.55 bits per heavy atom. The standard InChI is InChI=1S/C20H25N5O2.2ClH/c1-15-17(7-8-19(26)24-27)13-21-20(22-15)23-18-9-11-25(12-10-18)14-16-5-3-2-4-6-16;;/h2-8,13,18,27H,9-12,14H2,1H3,(H,24,26)(H,21,22,23);2*1H/b8-7+;;. The minimum absolute atomic E-state index is 0. The largest absolute Gasteiger partial charge is 0.351 e. The first-order valence-corrected chi connectivity index (χ1v) is 9.12. The van der Waals surface area contributed by atoms with E-state index in [0.717, 1.165) is 43.7 Å². The summed E-state index contributed by atoms with van der Waals surface area (Å²) in [5, 5.41) is 11.9. The summed E-state index contributed by atoms with van der Waals surface area (Å²) in [5.41, 5.74) is 4.42. The molecule has 2 aromatic rings. The lowest BCUT2D eigenvalue weighted by Crippen LogP contribution is -2.39. The second-order valence-electron chi connectivity index (χ2n) is 6.72. The Labute approximate surface area is 183 Å². The molecule has 1 aromatic heterocycles. The molecule has 0 bridgehead atoms. The van der Waals surface area contributed by atoms with E-state index in [1.54, 1.807) is 17.8 Å². The van der Waals surface area contributed by atoms with Crippen molar-refractivity contribution in [3.8, 4) is 0 Å². The number of aryl methyl sites for hydroxylation is 1. The Kier molecular flexibility index (Phi) is 10.6. The maximum absolute atomic E-state index is 11.1. The van der Waals surface area contributed by atoms with Gasteiger partial charge in [0.15, 0.2) is 0 Å². The van der Waals surface area contributed by atoms with Crippen LogP contribution < -0.4 is 10.8 Å². The molecule has 7 nitrogen and oxygen atoms in total. The Morgan fingerprint density at radius 2 is 1.93 bits per heavy atom. The van der Waals surface area contributed by atoms with Crippen LogP contribution in [0.15, 0.2) is 42.6 Å². The smallest absolute Gasteiger partial charge is 0.267 e. The maximum Gasteiger partial charge on any atom is 0.267 e. The molecule has 0 radical (unpaired) electrons. The van der Waals surface area contributed by atoms with E-state index in [1.807, 2.05) is 13.0 Å². The van der Waals surface area contributed by atoms with Crippen molar-refractivity contribution in [2.24, 2.45) is 0 Å². The van der Waals surface area contributed by atoms with E-state index in [2.05, 4.69) is 44.5 Å². The lowest BCUT2D eigenvalue weighted by Gasteiger charge is -2.32. The summed E-state index contributed by atoms with van der Waals surface area (Å²) in [7, 11) is 0. The first-order valence-electron chi connectivity index (χ1n) is 9.12. The van der Waals surface area contributed by atoms with Gasteiger partial charge in [-0.2, -0.15) is 0 Å². The number of benzene rings is 1. The van der Waals surface area contributed by atoms with Gasteiger partial charge in [0, 0.05) is 43.5 Å². The molecule has 1 saturated heterocycles. The summed E-state index contributed by atoms with van der Waals surface area (Å²) in [4.78, 5) is 22.4. The van der Waals surface area contributed by atoms with Crippen LogP contribution in [0.3, 0.4) is 0 Å². The summed E-state index contributed by atoms with van der Waals surface area (Å²) in [6, 6.07) is 10.9. The van der Waals surface area contributed by atoms with Gasteiger partial charge in [-0.15, -0.1) is 24.8 Å². The number of carbonyl (C=O) groups excluding carboxylic acids is 1. The molecule has 0 unspecified atom stereocenters. The average molecular weight is 440 g/mol. The second-order valence-corrected chi connectivity index (χ2v) is 6.72. The van der Waals surface area contributed by atoms with Gasteiger partial charge in [0.25, 0.3) is 5.91 Å². The van der Waals surface area contributed by atoms with Crippen molar-refractivity contribution in [2.45, 2.75) is 32.4 Å². The van der Waals surface area contributed by atoms with Crippen LogP contribution in [0.1, 0.15) is 29.7 Å². The molecule has 1 fully saturated rings. The van der Waals surface area contributed by atoms with Crippen LogP contribution >= 0.6 is 24.8 Å². The minimum atomic E-state index is -0.584. The highest BCUT2D eigenvalue weighted by molar-refractivity contribution is 5.90. The number of nitrogens with zero attached hydrogens (tertiary/aromatic N) is 3. The van der Waals surface area contributed by atoms with Gasteiger partial charge in [0.2, 0.25) is 5.95 Å². The van der Waals surface area contributed by atoms with Crippen molar-refractivity contribution in [3.05, 3.63) is 59.4 Å². The number of rotatable bonds is 6. The molecule has 1 amide bonds. The molecule has 2 heterocycles. The molecule has 1 aliphatic heterocycles. The SMILES string of the molecule is Cc1nc(NC2CCN(Cc3ccccc3)CC2)ncc1/C=C/C(=O)NO.Cl.Cl. The van der Waals surface area contributed by atoms with E-state index < -0.39 is 5.91 Å². The highest BCUT2D eigenvalue weighted by Gasteiger charge is 2.20. The van der Waals surface area contributed by atoms with Crippen LogP contribution in [-0.2, 0) is 11.3 Å². The number of aromatic nitrogens is 2. The number of hydroxylamine groups is 1. The lowest BCUT2D eigenvalue weighted by atomic mass is 10.0. The van der Waals surface area contributed by atoms with Crippen LogP contribution in [0.5, 0.6) is 0 Å². The topological polar surface area (TPSA) is 90.4 Å². The van der Waals surface area contributed by atoms with Crippen LogP contribution in [-0.4, -0.2) is 45.1 Å². The molecule has 3 N–H and O–H groups in total. The molecule has 9 heteroatoms. The van der Waals surface area contributed by atoms with Crippen molar-refractivity contribution in [1.29, 1.82) is 0 Å². The van der Waals surface area contributed by atoms with Crippen LogP contribution in [0.2, 0.25) is 0 Å². The van der Waals surface area contributed by atoms with Crippen molar-refractivity contribution < 1.29 is 10.0 Å². The zero-order chi connectivity index (χ0) is 19.1. The maximum atomic E-state index is 11.1. The van der Waals surface area contributed by atoms with E-state index in [-0.39, 0.29) is 24.8 Å². The minimum Gasteiger partial charge on any atom is -0.351 e. The Morgan fingerprint density at radius 1 is 1.24 bits per heavy atom. The van der Waals surface area contributed by atoms with Crippen LogP contribution in [0.4, 0.5) is 5.95 Å². The zero-order valence-corrected chi connectivity index (χ0v) is 17.9. The van der Waals surface area contributed by atoms with Gasteiger partial charge in [-0.05, 0) is 31.4 Å². The highest BCUT2D eigenvalue weighted by atomic mass is 35.5. The fourth-order valence-electron chi connectivity index (χ4n) is 3.17. The van der Waals surface area contributed by atoms with Crippen LogP contribution in [0, 0.1) is 6.92 Å². The highest BCUT2D eigenvalue weighted by Crippen LogP contribution is 2.17. The van der Waals surface area contributed by atoms with E-state index >= 15 is 0 Å². The average Bonchev–Trinajstić information content (AvgIpc) is 2.69. The molecule has 0 spiro atoms. The number of carbonyl (C=O) groups is 1. The number of likely N-dealkylation sites (tertiary alicyclic amines) is 1. The van der Waals surface area contributed by atoms with E-state index in [1.165, 1.54) is 11.6 Å². The van der Waals surface area contributed by atoms with Gasteiger partial charge >= 0.3 is 0 Å². The Hall–Kier alpha value is -2.19. The summed E-state index contributed by atoms with van der Waals surface area (Å²) >= 11 is 0. The third kappa shape index (κ3) is 7.62. The number of piperidine rings is 1. The molecular formula is C20H27Cl2N5O2. The molecule has 0 saturated carbocycles. The number of anilines is 1. The van der Waals surface area contributed by atoms with Crippen molar-refractivity contribution in [3.63, 3.8) is 0 Å². The molecule has 3 rings (SSSR count). The van der Waals surface area contributed by atoms with Gasteiger partial charge in [-0.3, -0.25) is 14.9 Å². The van der Waals surface area contributed by atoms with Crippen molar-refractivity contribution in [2.75, 3.05) is 18.4 Å². The number of hydrogen-bond donors (Lipinski definition) is 3. The summed E-state index contributed by atoms with van der Waals surface area (Å²) < 4.78 is 0. The molecule has 1 aliphatic rings. The Balaban J connectivity index is 0.00000210. The van der Waals surface area contributed by atoms with Crippen molar-refractivity contribution >= 4 is 42.7 Å². The quantitative estimate of drug-likeness (QED) is 0.363.